The lowest BCUT2D eigenvalue weighted by Crippen LogP contribution is -2.32. The fraction of sp³-hybridized carbons (Fsp3) is 0.154. The number of ether oxygens (including phenoxy) is 2. The van der Waals surface area contributed by atoms with Gasteiger partial charge in [0.2, 0.25) is 0 Å². The van der Waals surface area contributed by atoms with Crippen LogP contribution in [0, 0.1) is 19.7 Å². The number of aryl methyl sites for hydroxylation is 2. The summed E-state index contributed by atoms with van der Waals surface area (Å²) in [6, 6.07) is 16.0. The van der Waals surface area contributed by atoms with Crippen LogP contribution >= 0.6 is 0 Å². The molecule has 0 spiro atoms. The number of imide groups is 1. The molecule has 0 bridgehead atoms. The summed E-state index contributed by atoms with van der Waals surface area (Å²) in [7, 11) is 2.96. The number of anilines is 2. The van der Waals surface area contributed by atoms with Crippen LogP contribution in [0.2, 0.25) is 0 Å². The number of nitrogens with zero attached hydrogens (tertiary/aromatic N) is 1. The standard InChI is InChI=1S/C26H23FN2O4/c1-15-5-10-19(13-16(15)2)28-24-23(17-6-8-18(27)9-7-17)25(30)29(26(24)31)21-12-11-20(32-3)14-22(21)33-4/h5-14,28H,1-4H3. The molecule has 33 heavy (non-hydrogen) atoms. The molecule has 0 atom stereocenters. The molecule has 3 aromatic carbocycles. The van der Waals surface area contributed by atoms with E-state index in [0.29, 0.717) is 22.7 Å². The van der Waals surface area contributed by atoms with E-state index in [4.69, 9.17) is 9.47 Å². The van der Waals surface area contributed by atoms with Crippen LogP contribution < -0.4 is 19.7 Å². The predicted molar refractivity (Wildman–Crippen MR) is 125 cm³/mol. The Hall–Kier alpha value is -4.13. The van der Waals surface area contributed by atoms with Crippen LogP contribution in [-0.2, 0) is 9.59 Å². The van der Waals surface area contributed by atoms with Gasteiger partial charge < -0.3 is 14.8 Å². The minimum absolute atomic E-state index is 0.104. The number of hydrogen-bond acceptors (Lipinski definition) is 5. The molecule has 0 aliphatic carbocycles. The highest BCUT2D eigenvalue weighted by Crippen LogP contribution is 2.39. The van der Waals surface area contributed by atoms with Crippen LogP contribution in [0.25, 0.3) is 5.57 Å². The van der Waals surface area contributed by atoms with E-state index in [1.165, 1.54) is 38.5 Å². The number of rotatable bonds is 6. The molecular formula is C26H23FN2O4. The lowest BCUT2D eigenvalue weighted by molar-refractivity contribution is -0.120. The SMILES string of the molecule is COc1ccc(N2C(=O)C(Nc3ccc(C)c(C)c3)=C(c3ccc(F)cc3)C2=O)c(OC)c1. The van der Waals surface area contributed by atoms with Crippen molar-refractivity contribution in [3.63, 3.8) is 0 Å². The molecule has 2 amide bonds. The molecule has 1 aliphatic heterocycles. The molecule has 168 valence electrons. The van der Waals surface area contributed by atoms with Crippen molar-refractivity contribution in [2.75, 3.05) is 24.4 Å². The van der Waals surface area contributed by atoms with Crippen molar-refractivity contribution in [2.24, 2.45) is 0 Å². The van der Waals surface area contributed by atoms with Crippen molar-refractivity contribution < 1.29 is 23.5 Å². The number of hydrogen-bond donors (Lipinski definition) is 1. The van der Waals surface area contributed by atoms with Gasteiger partial charge in [0.1, 0.15) is 23.0 Å². The van der Waals surface area contributed by atoms with E-state index in [2.05, 4.69) is 5.32 Å². The Balaban J connectivity index is 1.84. The van der Waals surface area contributed by atoms with E-state index in [1.807, 2.05) is 32.0 Å². The second-order valence-corrected chi connectivity index (χ2v) is 7.66. The number of nitrogens with one attached hydrogen (secondary N) is 1. The van der Waals surface area contributed by atoms with Gasteiger partial charge in [-0.25, -0.2) is 9.29 Å². The first-order valence-corrected chi connectivity index (χ1v) is 10.3. The van der Waals surface area contributed by atoms with Gasteiger partial charge in [-0.3, -0.25) is 9.59 Å². The zero-order valence-electron chi connectivity index (χ0n) is 18.7. The highest BCUT2D eigenvalue weighted by Gasteiger charge is 2.41. The average molecular weight is 446 g/mol. The lowest BCUT2D eigenvalue weighted by Gasteiger charge is -2.19. The summed E-state index contributed by atoms with van der Waals surface area (Å²) in [5, 5.41) is 3.12. The van der Waals surface area contributed by atoms with Crippen molar-refractivity contribution in [3.05, 3.63) is 88.9 Å². The smallest absolute Gasteiger partial charge is 0.282 e. The number of amides is 2. The summed E-state index contributed by atoms with van der Waals surface area (Å²) in [6.07, 6.45) is 0. The molecule has 7 heteroatoms. The minimum atomic E-state index is -0.541. The predicted octanol–water partition coefficient (Wildman–Crippen LogP) is 4.86. The van der Waals surface area contributed by atoms with Gasteiger partial charge in [-0.2, -0.15) is 0 Å². The Morgan fingerprint density at radius 1 is 0.818 bits per heavy atom. The molecule has 3 aromatic rings. The quantitative estimate of drug-likeness (QED) is 0.548. The zero-order chi connectivity index (χ0) is 23.7. The molecule has 0 fully saturated rings. The van der Waals surface area contributed by atoms with Gasteiger partial charge in [0.05, 0.1) is 25.5 Å². The molecule has 6 nitrogen and oxygen atoms in total. The first-order chi connectivity index (χ1) is 15.8. The Morgan fingerprint density at radius 3 is 2.18 bits per heavy atom. The maximum atomic E-state index is 13.6. The normalized spacial score (nSPS) is 13.5. The molecule has 1 heterocycles. The van der Waals surface area contributed by atoms with E-state index in [0.717, 1.165) is 16.0 Å². The third kappa shape index (κ3) is 4.05. The number of carbonyl (C=O) groups is 2. The summed E-state index contributed by atoms with van der Waals surface area (Å²) in [5.74, 6) is -0.687. The number of methoxy groups -OCH3 is 2. The van der Waals surface area contributed by atoms with E-state index >= 15 is 0 Å². The van der Waals surface area contributed by atoms with Gasteiger partial charge in [-0.1, -0.05) is 18.2 Å². The zero-order valence-corrected chi connectivity index (χ0v) is 18.7. The summed E-state index contributed by atoms with van der Waals surface area (Å²) in [6.45, 7) is 3.95. The second-order valence-electron chi connectivity index (χ2n) is 7.66. The molecule has 4 rings (SSSR count). The van der Waals surface area contributed by atoms with E-state index in [9.17, 15) is 14.0 Å². The number of halogens is 1. The van der Waals surface area contributed by atoms with Crippen LogP contribution in [-0.4, -0.2) is 26.0 Å². The van der Waals surface area contributed by atoms with E-state index in [-0.39, 0.29) is 17.0 Å². The van der Waals surface area contributed by atoms with Crippen molar-refractivity contribution in [2.45, 2.75) is 13.8 Å². The summed E-state index contributed by atoms with van der Waals surface area (Å²) >= 11 is 0. The number of carbonyl (C=O) groups excluding carboxylic acids is 2. The van der Waals surface area contributed by atoms with Crippen LogP contribution in [0.1, 0.15) is 16.7 Å². The topological polar surface area (TPSA) is 67.9 Å². The minimum Gasteiger partial charge on any atom is -0.497 e. The third-order valence-corrected chi connectivity index (χ3v) is 5.62. The first kappa shape index (κ1) is 22.1. The largest absolute Gasteiger partial charge is 0.497 e. The molecule has 0 unspecified atom stereocenters. The molecule has 0 aromatic heterocycles. The fourth-order valence-corrected chi connectivity index (χ4v) is 3.68. The Bertz CT molecular complexity index is 1280. The third-order valence-electron chi connectivity index (χ3n) is 5.62. The summed E-state index contributed by atoms with van der Waals surface area (Å²) < 4.78 is 24.2. The molecule has 0 radical (unpaired) electrons. The van der Waals surface area contributed by atoms with Crippen molar-refractivity contribution in [1.29, 1.82) is 0 Å². The monoisotopic (exact) mass is 446 g/mol. The highest BCUT2D eigenvalue weighted by molar-refractivity contribution is 6.46. The van der Waals surface area contributed by atoms with Crippen LogP contribution in [0.5, 0.6) is 11.5 Å². The highest BCUT2D eigenvalue weighted by atomic mass is 19.1. The molecule has 0 saturated heterocycles. The van der Waals surface area contributed by atoms with Crippen LogP contribution in [0.3, 0.4) is 0 Å². The summed E-state index contributed by atoms with van der Waals surface area (Å²) in [4.78, 5) is 28.2. The Kier molecular flexibility index (Phi) is 5.87. The second kappa shape index (κ2) is 8.78. The fourth-order valence-electron chi connectivity index (χ4n) is 3.68. The maximum absolute atomic E-state index is 13.6. The maximum Gasteiger partial charge on any atom is 0.282 e. The van der Waals surface area contributed by atoms with Gasteiger partial charge in [0.15, 0.2) is 0 Å². The van der Waals surface area contributed by atoms with E-state index in [1.54, 1.807) is 18.2 Å². The van der Waals surface area contributed by atoms with Gasteiger partial charge >= 0.3 is 0 Å². The van der Waals surface area contributed by atoms with E-state index < -0.39 is 17.6 Å². The van der Waals surface area contributed by atoms with Gasteiger partial charge in [0.25, 0.3) is 11.8 Å². The van der Waals surface area contributed by atoms with Crippen LogP contribution in [0.15, 0.2) is 66.4 Å². The van der Waals surface area contributed by atoms with Crippen molar-refractivity contribution >= 4 is 28.8 Å². The lowest BCUT2D eigenvalue weighted by atomic mass is 10.0. The molecule has 1 N–H and O–H groups in total. The first-order valence-electron chi connectivity index (χ1n) is 10.3. The molecular weight excluding hydrogens is 423 g/mol. The number of benzene rings is 3. The van der Waals surface area contributed by atoms with Crippen molar-refractivity contribution in [1.82, 2.24) is 0 Å². The van der Waals surface area contributed by atoms with Crippen molar-refractivity contribution in [3.8, 4) is 11.5 Å². The summed E-state index contributed by atoms with van der Waals surface area (Å²) in [5.41, 5.74) is 3.77. The Morgan fingerprint density at radius 2 is 1.55 bits per heavy atom. The van der Waals surface area contributed by atoms with Gasteiger partial charge in [0, 0.05) is 11.8 Å². The van der Waals surface area contributed by atoms with Gasteiger partial charge in [-0.05, 0) is 66.9 Å². The van der Waals surface area contributed by atoms with Gasteiger partial charge in [-0.15, -0.1) is 0 Å². The molecule has 0 saturated carbocycles. The Labute approximate surface area is 191 Å². The average Bonchev–Trinajstić information content (AvgIpc) is 3.05. The molecule has 1 aliphatic rings. The van der Waals surface area contributed by atoms with Crippen LogP contribution in [0.4, 0.5) is 15.8 Å².